The third-order valence-electron chi connectivity index (χ3n) is 8.34. The van der Waals surface area contributed by atoms with E-state index in [9.17, 15) is 14.0 Å². The first-order valence-corrected chi connectivity index (χ1v) is 15.7. The lowest BCUT2D eigenvalue weighted by atomic mass is 10.2. The quantitative estimate of drug-likeness (QED) is 0.176. The van der Waals surface area contributed by atoms with Crippen LogP contribution in [0.15, 0.2) is 47.3 Å². The lowest BCUT2D eigenvalue weighted by Gasteiger charge is -2.32. The molecule has 1 atom stereocenters. The number of fused-ring (bicyclic) bond motifs is 3. The van der Waals surface area contributed by atoms with E-state index in [0.717, 1.165) is 31.2 Å². The van der Waals surface area contributed by atoms with E-state index < -0.39 is 11.4 Å². The Kier molecular flexibility index (Phi) is 10.5. The number of benzene rings is 2. The van der Waals surface area contributed by atoms with Crippen LogP contribution in [0, 0.1) is 5.82 Å². The number of anilines is 1. The van der Waals surface area contributed by atoms with Gasteiger partial charge < -0.3 is 34.1 Å². The van der Waals surface area contributed by atoms with Gasteiger partial charge in [0.1, 0.15) is 34.8 Å². The third-order valence-corrected chi connectivity index (χ3v) is 8.34. The summed E-state index contributed by atoms with van der Waals surface area (Å²) < 4.78 is 34.7. The van der Waals surface area contributed by atoms with Crippen molar-refractivity contribution in [2.24, 2.45) is 0 Å². The van der Waals surface area contributed by atoms with E-state index in [4.69, 9.17) is 24.4 Å². The Bertz CT molecular complexity index is 1740. The van der Waals surface area contributed by atoms with Crippen LogP contribution in [0.1, 0.15) is 67.2 Å². The van der Waals surface area contributed by atoms with Gasteiger partial charge in [0.05, 0.1) is 20.8 Å². The van der Waals surface area contributed by atoms with Gasteiger partial charge in [-0.05, 0) is 50.5 Å². The first-order chi connectivity index (χ1) is 22.3. The maximum Gasteiger partial charge on any atom is 0.280 e. The Labute approximate surface area is 267 Å². The number of carbonyl (C=O) groups is 1. The van der Waals surface area contributed by atoms with E-state index in [-0.39, 0.29) is 48.6 Å². The number of rotatable bonds is 15. The Balaban J connectivity index is 1.56. The lowest BCUT2D eigenvalue weighted by Crippen LogP contribution is -2.42. The van der Waals surface area contributed by atoms with E-state index in [1.165, 1.54) is 23.9 Å². The average molecular weight is 636 g/mol. The molecule has 1 aliphatic rings. The maximum atomic E-state index is 14.4. The number of hydrogen-bond donors (Lipinski definition) is 2. The second-order valence-corrected chi connectivity index (χ2v) is 11.4. The van der Waals surface area contributed by atoms with E-state index in [0.29, 0.717) is 48.0 Å². The van der Waals surface area contributed by atoms with Crippen molar-refractivity contribution in [1.29, 1.82) is 0 Å². The maximum absolute atomic E-state index is 14.4. The Morgan fingerprint density at radius 3 is 2.50 bits per heavy atom. The van der Waals surface area contributed by atoms with Crippen LogP contribution < -0.4 is 25.1 Å². The summed E-state index contributed by atoms with van der Waals surface area (Å²) in [5.74, 6) is 0.992. The average Bonchev–Trinajstić information content (AvgIpc) is 3.43. The number of halogens is 1. The second-order valence-electron chi connectivity index (χ2n) is 11.4. The highest BCUT2D eigenvalue weighted by atomic mass is 19.1. The molecule has 1 amide bonds. The molecule has 2 N–H and O–H groups in total. The van der Waals surface area contributed by atoms with E-state index in [1.807, 2.05) is 42.7 Å². The van der Waals surface area contributed by atoms with Crippen molar-refractivity contribution in [1.82, 2.24) is 19.2 Å². The highest BCUT2D eigenvalue weighted by Crippen LogP contribution is 2.40. The number of aliphatic hydroxyl groups is 1. The van der Waals surface area contributed by atoms with Crippen LogP contribution in [0.2, 0.25) is 0 Å². The van der Waals surface area contributed by atoms with Crippen molar-refractivity contribution in [3.8, 4) is 17.2 Å². The molecule has 0 radical (unpaired) electrons. The normalized spacial score (nSPS) is 14.4. The zero-order valence-electron chi connectivity index (χ0n) is 26.8. The summed E-state index contributed by atoms with van der Waals surface area (Å²) in [7, 11) is 3.05. The minimum absolute atomic E-state index is 0.00751. The summed E-state index contributed by atoms with van der Waals surface area (Å²) in [6.07, 6.45) is 3.38. The number of nitrogens with zero attached hydrogens (tertiary/aromatic N) is 4. The van der Waals surface area contributed by atoms with Crippen molar-refractivity contribution in [2.45, 2.75) is 58.7 Å². The van der Waals surface area contributed by atoms with Crippen LogP contribution in [-0.2, 0) is 13.2 Å². The first kappa shape index (κ1) is 32.8. The fourth-order valence-corrected chi connectivity index (χ4v) is 5.95. The van der Waals surface area contributed by atoms with Gasteiger partial charge in [-0.1, -0.05) is 31.0 Å². The van der Waals surface area contributed by atoms with Gasteiger partial charge in [0.25, 0.3) is 11.5 Å². The Hall–Kier alpha value is -4.58. The van der Waals surface area contributed by atoms with E-state index >= 15 is 0 Å². The highest BCUT2D eigenvalue weighted by molar-refractivity contribution is 6.07. The number of amides is 1. The molecule has 4 aromatic rings. The third kappa shape index (κ3) is 6.67. The van der Waals surface area contributed by atoms with E-state index in [1.54, 1.807) is 18.1 Å². The molecule has 0 aliphatic carbocycles. The minimum atomic E-state index is -0.470. The number of aromatic nitrogens is 3. The van der Waals surface area contributed by atoms with Gasteiger partial charge in [0.2, 0.25) is 0 Å². The molecule has 2 aromatic carbocycles. The Morgan fingerprint density at radius 2 is 1.80 bits per heavy atom. The zero-order valence-corrected chi connectivity index (χ0v) is 26.8. The van der Waals surface area contributed by atoms with Gasteiger partial charge in [-0.15, -0.1) is 5.10 Å². The van der Waals surface area contributed by atoms with Crippen LogP contribution >= 0.6 is 0 Å². The summed E-state index contributed by atoms with van der Waals surface area (Å²) in [5.41, 5.74) is 1.84. The van der Waals surface area contributed by atoms with Gasteiger partial charge in [-0.2, -0.15) is 0 Å². The highest BCUT2D eigenvalue weighted by Gasteiger charge is 2.37. The van der Waals surface area contributed by atoms with Crippen molar-refractivity contribution < 1.29 is 28.5 Å². The number of likely N-dealkylation sites (N-methyl/N-ethyl adjacent to an activating group) is 1. The summed E-state index contributed by atoms with van der Waals surface area (Å²) in [6.45, 7) is 5.85. The first-order valence-electron chi connectivity index (χ1n) is 15.7. The molecule has 1 unspecified atom stereocenters. The topological polar surface area (TPSA) is 120 Å². The molecule has 12 heteroatoms. The lowest BCUT2D eigenvalue weighted by molar-refractivity contribution is 0.0685. The smallest absolute Gasteiger partial charge is 0.280 e. The van der Waals surface area contributed by atoms with E-state index in [2.05, 4.69) is 5.32 Å². The fraction of sp³-hybridized carbons (Fsp3) is 0.441. The number of carbonyl (C=O) groups excluding carboxylic acids is 1. The number of nitrogens with one attached hydrogen (secondary N) is 1. The van der Waals surface area contributed by atoms with Crippen molar-refractivity contribution in [2.75, 3.05) is 45.8 Å². The predicted molar refractivity (Wildman–Crippen MR) is 174 cm³/mol. The monoisotopic (exact) mass is 635 g/mol. The van der Waals surface area contributed by atoms with Crippen molar-refractivity contribution in [3.63, 3.8) is 0 Å². The van der Waals surface area contributed by atoms with Crippen LogP contribution in [-0.4, -0.2) is 70.7 Å². The largest absolute Gasteiger partial charge is 0.497 e. The minimum Gasteiger partial charge on any atom is -0.497 e. The fourth-order valence-electron chi connectivity index (χ4n) is 5.95. The molecule has 46 heavy (non-hydrogen) atoms. The molecule has 0 bridgehead atoms. The summed E-state index contributed by atoms with van der Waals surface area (Å²) in [4.78, 5) is 29.6. The van der Waals surface area contributed by atoms with Crippen molar-refractivity contribution >= 4 is 22.6 Å². The zero-order chi connectivity index (χ0) is 32.8. The molecule has 11 nitrogen and oxygen atoms in total. The van der Waals surface area contributed by atoms with Gasteiger partial charge >= 0.3 is 0 Å². The van der Waals surface area contributed by atoms with Gasteiger partial charge in [0.15, 0.2) is 17.3 Å². The predicted octanol–water partition coefficient (Wildman–Crippen LogP) is 4.98. The number of unbranched alkanes of at least 4 members (excludes halogenated alkanes) is 3. The molecule has 5 rings (SSSR count). The molecule has 2 aromatic heterocycles. The van der Waals surface area contributed by atoms with Crippen LogP contribution in [0.4, 0.5) is 10.2 Å². The molecule has 3 heterocycles. The number of ether oxygens (including phenoxy) is 3. The molecule has 0 saturated heterocycles. The molecular formula is C34H42FN5O6. The number of aliphatic hydroxyl groups excluding tert-OH is 1. The SMILES string of the molecule is CCN1CC(C)n2c(c(OC)c3c(=O)n(Cc4ccc(F)cc4OCc4ccc(OC)cc4)nc(NCCCCCCO)c32)C1=O. The molecule has 1 aliphatic heterocycles. The number of methoxy groups -OCH3 is 2. The molecule has 0 saturated carbocycles. The van der Waals surface area contributed by atoms with Gasteiger partial charge in [-0.25, -0.2) is 9.07 Å². The Morgan fingerprint density at radius 1 is 1.04 bits per heavy atom. The second kappa shape index (κ2) is 14.7. The summed E-state index contributed by atoms with van der Waals surface area (Å²) in [6, 6.07) is 11.4. The van der Waals surface area contributed by atoms with Crippen LogP contribution in [0.25, 0.3) is 10.9 Å². The summed E-state index contributed by atoms with van der Waals surface area (Å²) >= 11 is 0. The van der Waals surface area contributed by atoms with Crippen LogP contribution in [0.3, 0.4) is 0 Å². The number of hydrogen-bond acceptors (Lipinski definition) is 8. The van der Waals surface area contributed by atoms with Gasteiger partial charge in [0, 0.05) is 43.9 Å². The van der Waals surface area contributed by atoms with Gasteiger partial charge in [-0.3, -0.25) is 9.59 Å². The molecule has 0 fully saturated rings. The standard InChI is InChI=1S/C34H42FN5O6/c1-5-38-19-22(2)40-29-28(31(45-4)30(40)34(38)43)33(42)39(37-32(29)36-16-8-6-7-9-17-41)20-24-12-13-25(35)18-27(24)46-21-23-10-14-26(44-3)15-11-23/h10-15,18,22,41H,5-9,16-17,19-21H2,1-4H3,(H,36,37). The summed E-state index contributed by atoms with van der Waals surface area (Å²) in [5, 5.41) is 17.6. The molecule has 246 valence electrons. The van der Waals surface area contributed by atoms with Crippen LogP contribution in [0.5, 0.6) is 17.2 Å². The van der Waals surface area contributed by atoms with Crippen molar-refractivity contribution in [3.05, 3.63) is 75.5 Å². The molecular weight excluding hydrogens is 593 g/mol. The molecule has 0 spiro atoms.